The molecule has 1 fully saturated rings. The largest absolute Gasteiger partial charge is 0.484 e. The molecule has 1 aromatic carbocycles. The van der Waals surface area contributed by atoms with Gasteiger partial charge < -0.3 is 10.1 Å². The van der Waals surface area contributed by atoms with Crippen molar-refractivity contribution in [1.82, 2.24) is 5.32 Å². The van der Waals surface area contributed by atoms with E-state index in [9.17, 15) is 4.39 Å². The van der Waals surface area contributed by atoms with E-state index in [1.165, 1.54) is 12.5 Å². The molecule has 0 aliphatic heterocycles. The Morgan fingerprint density at radius 3 is 2.79 bits per heavy atom. The predicted molar refractivity (Wildman–Crippen MR) is 79.1 cm³/mol. The van der Waals surface area contributed by atoms with Crippen molar-refractivity contribution in [2.45, 2.75) is 44.6 Å². The van der Waals surface area contributed by atoms with Gasteiger partial charge in [0.05, 0.1) is 0 Å². The molecule has 0 aromatic heterocycles. The summed E-state index contributed by atoms with van der Waals surface area (Å²) in [4.78, 5) is 0. The van der Waals surface area contributed by atoms with Crippen molar-refractivity contribution in [1.29, 1.82) is 0 Å². The van der Waals surface area contributed by atoms with Gasteiger partial charge in [0.25, 0.3) is 0 Å². The van der Waals surface area contributed by atoms with E-state index in [2.05, 4.69) is 28.2 Å². The molecule has 0 atom stereocenters. The Labute approximate surface area is 122 Å². The zero-order chi connectivity index (χ0) is 13.7. The first-order valence-corrected chi connectivity index (χ1v) is 7.79. The monoisotopic (exact) mass is 329 g/mol. The van der Waals surface area contributed by atoms with E-state index in [1.54, 1.807) is 12.1 Å². The lowest BCUT2D eigenvalue weighted by molar-refractivity contribution is -0.0171. The number of hydrogen-bond acceptors (Lipinski definition) is 2. The van der Waals surface area contributed by atoms with Crippen LogP contribution in [0.2, 0.25) is 0 Å². The molecule has 0 radical (unpaired) electrons. The highest BCUT2D eigenvalue weighted by molar-refractivity contribution is 9.10. The van der Waals surface area contributed by atoms with Crippen LogP contribution in [0.1, 0.15) is 39.0 Å². The lowest BCUT2D eigenvalue weighted by Gasteiger charge is -2.42. The van der Waals surface area contributed by atoms with Crippen molar-refractivity contribution >= 4 is 15.9 Å². The van der Waals surface area contributed by atoms with Gasteiger partial charge in [-0.05, 0) is 63.4 Å². The lowest BCUT2D eigenvalue weighted by atomic mass is 9.77. The van der Waals surface area contributed by atoms with Gasteiger partial charge >= 0.3 is 0 Å². The first-order valence-electron chi connectivity index (χ1n) is 7.00. The maximum Gasteiger partial charge on any atom is 0.165 e. The molecular weight excluding hydrogens is 309 g/mol. The fourth-order valence-corrected chi connectivity index (χ4v) is 2.72. The molecule has 1 aliphatic rings. The number of nitrogens with one attached hydrogen (secondary N) is 1. The van der Waals surface area contributed by atoms with Crippen LogP contribution in [0.3, 0.4) is 0 Å². The van der Waals surface area contributed by atoms with Crippen molar-refractivity contribution in [2.75, 3.05) is 13.1 Å². The third kappa shape index (κ3) is 3.93. The van der Waals surface area contributed by atoms with E-state index >= 15 is 0 Å². The summed E-state index contributed by atoms with van der Waals surface area (Å²) in [5, 5.41) is 3.39. The van der Waals surface area contributed by atoms with Gasteiger partial charge in [0.15, 0.2) is 11.6 Å². The van der Waals surface area contributed by atoms with E-state index in [-0.39, 0.29) is 11.4 Å². The molecule has 106 valence electrons. The van der Waals surface area contributed by atoms with Crippen molar-refractivity contribution in [2.24, 2.45) is 0 Å². The van der Waals surface area contributed by atoms with Crippen LogP contribution < -0.4 is 10.1 Å². The molecule has 1 aliphatic carbocycles. The van der Waals surface area contributed by atoms with Crippen molar-refractivity contribution in [3.8, 4) is 5.75 Å². The summed E-state index contributed by atoms with van der Waals surface area (Å²) in [6.07, 6.45) is 5.29. The van der Waals surface area contributed by atoms with Crippen LogP contribution in [0.25, 0.3) is 0 Å². The summed E-state index contributed by atoms with van der Waals surface area (Å²) in [6, 6.07) is 4.86. The summed E-state index contributed by atoms with van der Waals surface area (Å²) in [5.41, 5.74) is -0.164. The van der Waals surface area contributed by atoms with Crippen molar-refractivity contribution in [3.63, 3.8) is 0 Å². The average molecular weight is 330 g/mol. The molecule has 0 saturated heterocycles. The topological polar surface area (TPSA) is 21.3 Å². The maximum absolute atomic E-state index is 13.7. The highest BCUT2D eigenvalue weighted by Gasteiger charge is 2.39. The van der Waals surface area contributed by atoms with Crippen LogP contribution in [0.5, 0.6) is 5.75 Å². The zero-order valence-corrected chi connectivity index (χ0v) is 12.9. The number of benzene rings is 1. The lowest BCUT2D eigenvalue weighted by Crippen LogP contribution is -2.45. The van der Waals surface area contributed by atoms with Crippen LogP contribution in [0.15, 0.2) is 22.7 Å². The molecule has 0 bridgehead atoms. The molecule has 4 heteroatoms. The Hall–Kier alpha value is -0.610. The van der Waals surface area contributed by atoms with Crippen LogP contribution >= 0.6 is 15.9 Å². The Balaban J connectivity index is 1.96. The minimum absolute atomic E-state index is 0.164. The van der Waals surface area contributed by atoms with Crippen molar-refractivity contribution < 1.29 is 9.13 Å². The molecule has 0 unspecified atom stereocenters. The van der Waals surface area contributed by atoms with Crippen LogP contribution in [0, 0.1) is 5.82 Å². The Bertz CT molecular complexity index is 421. The maximum atomic E-state index is 13.7. The molecule has 1 aromatic rings. The minimum atomic E-state index is -0.281. The quantitative estimate of drug-likeness (QED) is 0.754. The van der Waals surface area contributed by atoms with Gasteiger partial charge in [0.2, 0.25) is 0 Å². The Morgan fingerprint density at radius 1 is 1.37 bits per heavy atom. The van der Waals surface area contributed by atoms with Gasteiger partial charge in [0.1, 0.15) is 5.60 Å². The van der Waals surface area contributed by atoms with Gasteiger partial charge in [0, 0.05) is 4.47 Å². The Kier molecular flexibility index (Phi) is 5.22. The number of hydrogen-bond donors (Lipinski definition) is 1. The molecule has 1 saturated carbocycles. The summed E-state index contributed by atoms with van der Waals surface area (Å²) < 4.78 is 20.6. The number of halogens is 2. The van der Waals surface area contributed by atoms with Gasteiger partial charge in [-0.1, -0.05) is 22.9 Å². The van der Waals surface area contributed by atoms with Crippen LogP contribution in [-0.4, -0.2) is 18.7 Å². The van der Waals surface area contributed by atoms with Gasteiger partial charge in [-0.15, -0.1) is 0 Å². The fraction of sp³-hybridized carbons (Fsp3) is 0.600. The van der Waals surface area contributed by atoms with E-state index in [0.29, 0.717) is 5.75 Å². The minimum Gasteiger partial charge on any atom is -0.484 e. The summed E-state index contributed by atoms with van der Waals surface area (Å²) in [6.45, 7) is 4.12. The molecule has 0 spiro atoms. The highest BCUT2D eigenvalue weighted by Crippen LogP contribution is 2.40. The normalized spacial score (nSPS) is 17.0. The molecule has 0 heterocycles. The standard InChI is InChI=1S/C15H21BrFNO/c1-2-9-18-10-8-15(6-3-7-15)19-14-11-12(16)4-5-13(14)17/h4-5,11,18H,2-3,6-10H2,1H3. The van der Waals surface area contributed by atoms with Crippen molar-refractivity contribution in [3.05, 3.63) is 28.5 Å². The SMILES string of the molecule is CCCNCCC1(Oc2cc(Br)ccc2F)CCC1. The van der Waals surface area contributed by atoms with Gasteiger partial charge in [-0.25, -0.2) is 4.39 Å². The molecule has 2 nitrogen and oxygen atoms in total. The number of rotatable bonds is 7. The Morgan fingerprint density at radius 2 is 2.16 bits per heavy atom. The molecule has 1 N–H and O–H groups in total. The first-order chi connectivity index (χ1) is 9.15. The second kappa shape index (κ2) is 6.71. The fourth-order valence-electron chi connectivity index (χ4n) is 2.38. The summed E-state index contributed by atoms with van der Waals surface area (Å²) >= 11 is 3.36. The predicted octanol–water partition coefficient (Wildman–Crippen LogP) is 4.28. The highest BCUT2D eigenvalue weighted by atomic mass is 79.9. The third-order valence-electron chi connectivity index (χ3n) is 3.67. The van der Waals surface area contributed by atoms with Gasteiger partial charge in [-0.2, -0.15) is 0 Å². The van der Waals surface area contributed by atoms with Crippen LogP contribution in [0.4, 0.5) is 4.39 Å². The first kappa shape index (κ1) is 14.8. The zero-order valence-electron chi connectivity index (χ0n) is 11.3. The molecular formula is C15H21BrFNO. The van der Waals surface area contributed by atoms with Crippen LogP contribution in [-0.2, 0) is 0 Å². The molecule has 2 rings (SSSR count). The second-order valence-corrected chi connectivity index (χ2v) is 6.13. The van der Waals surface area contributed by atoms with E-state index in [0.717, 1.165) is 43.2 Å². The summed E-state index contributed by atoms with van der Waals surface area (Å²) in [7, 11) is 0. The molecule has 0 amide bonds. The smallest absolute Gasteiger partial charge is 0.165 e. The van der Waals surface area contributed by atoms with E-state index in [1.807, 2.05) is 0 Å². The summed E-state index contributed by atoms with van der Waals surface area (Å²) in [5.74, 6) is 0.0839. The average Bonchev–Trinajstić information content (AvgIpc) is 2.35. The molecule has 19 heavy (non-hydrogen) atoms. The van der Waals surface area contributed by atoms with E-state index < -0.39 is 0 Å². The number of ether oxygens (including phenoxy) is 1. The third-order valence-corrected chi connectivity index (χ3v) is 4.16. The van der Waals surface area contributed by atoms with E-state index in [4.69, 9.17) is 4.74 Å². The second-order valence-electron chi connectivity index (χ2n) is 5.21. The van der Waals surface area contributed by atoms with Gasteiger partial charge in [-0.3, -0.25) is 0 Å².